The zero-order valence-electron chi connectivity index (χ0n) is 13.2. The highest BCUT2D eigenvalue weighted by molar-refractivity contribution is 5.68. The third-order valence-electron chi connectivity index (χ3n) is 3.55. The van der Waals surface area contributed by atoms with Gasteiger partial charge < -0.3 is 15.0 Å². The van der Waals surface area contributed by atoms with Crippen LogP contribution in [0, 0.1) is 5.92 Å². The predicted molar refractivity (Wildman–Crippen MR) is 78.3 cm³/mol. The molecule has 4 nitrogen and oxygen atoms in total. The Bertz CT molecular complexity index is 276. The van der Waals surface area contributed by atoms with Crippen LogP contribution in [-0.2, 0) is 4.74 Å². The molecule has 1 N–H and O–H groups in total. The summed E-state index contributed by atoms with van der Waals surface area (Å²) in [5, 5.41) is 2.99. The normalized spacial score (nSPS) is 24.3. The number of amides is 1. The van der Waals surface area contributed by atoms with Crippen molar-refractivity contribution in [3.8, 4) is 0 Å². The van der Waals surface area contributed by atoms with E-state index in [9.17, 15) is 4.79 Å². The number of hydrogen-bond acceptors (Lipinski definition) is 3. The largest absolute Gasteiger partial charge is 0.444 e. The second-order valence-electron chi connectivity index (χ2n) is 6.96. The average molecular weight is 270 g/mol. The van der Waals surface area contributed by atoms with E-state index in [1.54, 1.807) is 0 Å². The molecular weight excluding hydrogens is 240 g/mol. The Kier molecular flexibility index (Phi) is 6.11. The van der Waals surface area contributed by atoms with Crippen molar-refractivity contribution in [1.29, 1.82) is 0 Å². The summed E-state index contributed by atoms with van der Waals surface area (Å²) < 4.78 is 5.29. The van der Waals surface area contributed by atoms with Crippen LogP contribution >= 0.6 is 0 Å². The van der Waals surface area contributed by atoms with Crippen LogP contribution in [0.25, 0.3) is 0 Å². The second kappa shape index (κ2) is 7.13. The first-order valence-corrected chi connectivity index (χ1v) is 7.40. The van der Waals surface area contributed by atoms with Crippen molar-refractivity contribution >= 4 is 6.09 Å². The standard InChI is InChI=1S/C15H30N2O2/c1-15(2,3)19-14(18)16-13-8-6-12(7-9-13)10-11-17(4)5/h12-13H,6-11H2,1-5H3,(H,16,18)/t12-,13-. The van der Waals surface area contributed by atoms with E-state index in [0.29, 0.717) is 6.04 Å². The number of rotatable bonds is 4. The first kappa shape index (κ1) is 16.3. The van der Waals surface area contributed by atoms with Gasteiger partial charge in [-0.15, -0.1) is 0 Å². The van der Waals surface area contributed by atoms with Crippen molar-refractivity contribution in [1.82, 2.24) is 10.2 Å². The van der Waals surface area contributed by atoms with Gasteiger partial charge in [0.15, 0.2) is 0 Å². The summed E-state index contributed by atoms with van der Waals surface area (Å²) in [7, 11) is 4.24. The van der Waals surface area contributed by atoms with Crippen LogP contribution in [0.2, 0.25) is 0 Å². The molecule has 0 aromatic rings. The zero-order chi connectivity index (χ0) is 14.5. The van der Waals surface area contributed by atoms with Gasteiger partial charge in [-0.05, 0) is 79.4 Å². The highest BCUT2D eigenvalue weighted by atomic mass is 16.6. The van der Waals surface area contributed by atoms with Gasteiger partial charge in [0.25, 0.3) is 0 Å². The number of ether oxygens (including phenoxy) is 1. The molecule has 112 valence electrons. The fourth-order valence-corrected chi connectivity index (χ4v) is 2.51. The van der Waals surface area contributed by atoms with E-state index < -0.39 is 5.60 Å². The summed E-state index contributed by atoms with van der Waals surface area (Å²) in [6.07, 6.45) is 5.59. The molecule has 0 aromatic carbocycles. The number of hydrogen-bond donors (Lipinski definition) is 1. The Labute approximate surface area is 117 Å². The van der Waals surface area contributed by atoms with Crippen molar-refractivity contribution < 1.29 is 9.53 Å². The molecule has 0 bridgehead atoms. The quantitative estimate of drug-likeness (QED) is 0.854. The molecule has 0 radical (unpaired) electrons. The summed E-state index contributed by atoms with van der Waals surface area (Å²) in [4.78, 5) is 13.9. The second-order valence-corrected chi connectivity index (χ2v) is 6.96. The summed E-state index contributed by atoms with van der Waals surface area (Å²) in [5.74, 6) is 0.819. The molecule has 0 spiro atoms. The molecule has 1 rings (SSSR count). The molecule has 4 heteroatoms. The van der Waals surface area contributed by atoms with E-state index in [1.807, 2.05) is 20.8 Å². The summed E-state index contributed by atoms with van der Waals surface area (Å²) in [5.41, 5.74) is -0.410. The maximum Gasteiger partial charge on any atom is 0.407 e. The SMILES string of the molecule is CN(C)CC[C@H]1CC[C@H](NC(=O)OC(C)(C)C)CC1. The molecule has 0 heterocycles. The number of carbonyl (C=O) groups is 1. The van der Waals surface area contributed by atoms with Gasteiger partial charge >= 0.3 is 6.09 Å². The lowest BCUT2D eigenvalue weighted by molar-refractivity contribution is 0.0486. The third kappa shape index (κ3) is 7.41. The van der Waals surface area contributed by atoms with Gasteiger partial charge in [0, 0.05) is 6.04 Å². The van der Waals surface area contributed by atoms with Crippen molar-refractivity contribution in [3.63, 3.8) is 0 Å². The molecule has 1 aliphatic rings. The minimum absolute atomic E-state index is 0.274. The lowest BCUT2D eigenvalue weighted by Gasteiger charge is -2.30. The van der Waals surface area contributed by atoms with Crippen LogP contribution in [0.15, 0.2) is 0 Å². The Morgan fingerprint density at radius 2 is 1.79 bits per heavy atom. The maximum atomic E-state index is 11.7. The smallest absolute Gasteiger partial charge is 0.407 e. The Morgan fingerprint density at radius 1 is 1.21 bits per heavy atom. The van der Waals surface area contributed by atoms with Gasteiger partial charge in [0.05, 0.1) is 0 Å². The molecule has 1 saturated carbocycles. The molecule has 19 heavy (non-hydrogen) atoms. The fraction of sp³-hybridized carbons (Fsp3) is 0.933. The highest BCUT2D eigenvalue weighted by Crippen LogP contribution is 2.27. The van der Waals surface area contributed by atoms with Crippen LogP contribution in [0.3, 0.4) is 0 Å². The fourth-order valence-electron chi connectivity index (χ4n) is 2.51. The predicted octanol–water partition coefficient (Wildman–Crippen LogP) is 3.02. The Hall–Kier alpha value is -0.770. The molecule has 1 amide bonds. The molecule has 1 fully saturated rings. The third-order valence-corrected chi connectivity index (χ3v) is 3.55. The van der Waals surface area contributed by atoms with Gasteiger partial charge in [0.1, 0.15) is 5.60 Å². The molecule has 0 aliphatic heterocycles. The van der Waals surface area contributed by atoms with E-state index in [0.717, 1.165) is 25.3 Å². The lowest BCUT2D eigenvalue weighted by Crippen LogP contribution is -2.41. The maximum absolute atomic E-state index is 11.7. The first-order chi connectivity index (χ1) is 8.76. The van der Waals surface area contributed by atoms with Crippen LogP contribution in [-0.4, -0.2) is 43.3 Å². The monoisotopic (exact) mass is 270 g/mol. The van der Waals surface area contributed by atoms with Gasteiger partial charge in [-0.2, -0.15) is 0 Å². The molecule has 0 aromatic heterocycles. The van der Waals surface area contributed by atoms with Gasteiger partial charge in [0.2, 0.25) is 0 Å². The molecule has 0 atom stereocenters. The molecule has 1 aliphatic carbocycles. The van der Waals surface area contributed by atoms with E-state index in [2.05, 4.69) is 24.3 Å². The van der Waals surface area contributed by atoms with Gasteiger partial charge in [-0.3, -0.25) is 0 Å². The topological polar surface area (TPSA) is 41.6 Å². The van der Waals surface area contributed by atoms with E-state index in [4.69, 9.17) is 4.74 Å². The average Bonchev–Trinajstić information content (AvgIpc) is 2.25. The molecular formula is C15H30N2O2. The van der Waals surface area contributed by atoms with Gasteiger partial charge in [-0.25, -0.2) is 4.79 Å². The number of carbonyl (C=O) groups excluding carboxylic acids is 1. The zero-order valence-corrected chi connectivity index (χ0v) is 13.2. The molecule has 0 unspecified atom stereocenters. The van der Waals surface area contributed by atoms with Crippen molar-refractivity contribution in [2.75, 3.05) is 20.6 Å². The number of nitrogens with zero attached hydrogens (tertiary/aromatic N) is 1. The van der Waals surface area contributed by atoms with Crippen LogP contribution in [0.1, 0.15) is 52.9 Å². The lowest BCUT2D eigenvalue weighted by atomic mass is 9.84. The minimum Gasteiger partial charge on any atom is -0.444 e. The first-order valence-electron chi connectivity index (χ1n) is 7.40. The summed E-state index contributed by atoms with van der Waals surface area (Å²) in [6, 6.07) is 0.297. The van der Waals surface area contributed by atoms with Crippen LogP contribution < -0.4 is 5.32 Å². The summed E-state index contributed by atoms with van der Waals surface area (Å²) >= 11 is 0. The van der Waals surface area contributed by atoms with Crippen molar-refractivity contribution in [2.45, 2.75) is 64.5 Å². The Balaban J connectivity index is 2.21. The van der Waals surface area contributed by atoms with Crippen molar-refractivity contribution in [3.05, 3.63) is 0 Å². The van der Waals surface area contributed by atoms with Crippen molar-refractivity contribution in [2.24, 2.45) is 5.92 Å². The number of nitrogens with one attached hydrogen (secondary N) is 1. The minimum atomic E-state index is -0.410. The van der Waals surface area contributed by atoms with E-state index in [1.165, 1.54) is 19.3 Å². The number of alkyl carbamates (subject to hydrolysis) is 1. The van der Waals surface area contributed by atoms with E-state index in [-0.39, 0.29) is 6.09 Å². The Morgan fingerprint density at radius 3 is 2.26 bits per heavy atom. The van der Waals surface area contributed by atoms with E-state index >= 15 is 0 Å². The highest BCUT2D eigenvalue weighted by Gasteiger charge is 2.24. The van der Waals surface area contributed by atoms with Crippen LogP contribution in [0.5, 0.6) is 0 Å². The van der Waals surface area contributed by atoms with Gasteiger partial charge in [-0.1, -0.05) is 0 Å². The van der Waals surface area contributed by atoms with Crippen LogP contribution in [0.4, 0.5) is 4.79 Å². The summed E-state index contributed by atoms with van der Waals surface area (Å²) in [6.45, 7) is 6.84. The molecule has 0 saturated heterocycles.